The van der Waals surface area contributed by atoms with Crippen LogP contribution in [0.2, 0.25) is 0 Å². The third-order valence-corrected chi connectivity index (χ3v) is 5.69. The van der Waals surface area contributed by atoms with Crippen molar-refractivity contribution in [1.82, 2.24) is 0 Å². The van der Waals surface area contributed by atoms with Gasteiger partial charge in [-0.15, -0.1) is 0 Å². The lowest BCUT2D eigenvalue weighted by Gasteiger charge is -2.42. The zero-order chi connectivity index (χ0) is 14.0. The molecule has 1 spiro atoms. The van der Waals surface area contributed by atoms with Crippen molar-refractivity contribution in [1.29, 1.82) is 5.26 Å². The average molecular weight is 288 g/mol. The summed E-state index contributed by atoms with van der Waals surface area (Å²) in [6.07, 6.45) is 3.35. The summed E-state index contributed by atoms with van der Waals surface area (Å²) in [4.78, 5) is 2.33. The van der Waals surface area contributed by atoms with E-state index in [0.717, 1.165) is 36.5 Å². The van der Waals surface area contributed by atoms with Crippen LogP contribution in [0.15, 0.2) is 24.3 Å². The molecule has 2 unspecified atom stereocenters. The van der Waals surface area contributed by atoms with Gasteiger partial charge in [-0.25, -0.2) is 0 Å². The van der Waals surface area contributed by atoms with E-state index >= 15 is 0 Å². The summed E-state index contributed by atoms with van der Waals surface area (Å²) in [7, 11) is 2.14. The highest BCUT2D eigenvalue weighted by Crippen LogP contribution is 2.40. The molecule has 0 saturated carbocycles. The average Bonchev–Trinajstić information content (AvgIpc) is 2.94. The molecule has 2 aliphatic heterocycles. The Kier molecular flexibility index (Phi) is 3.91. The summed E-state index contributed by atoms with van der Waals surface area (Å²) in [5, 5.41) is 9.03. The van der Waals surface area contributed by atoms with Gasteiger partial charge in [0.05, 0.1) is 17.2 Å². The minimum Gasteiger partial charge on any atom is -0.374 e. The summed E-state index contributed by atoms with van der Waals surface area (Å²) in [6.45, 7) is 0.855. The molecule has 2 saturated heterocycles. The van der Waals surface area contributed by atoms with E-state index in [4.69, 9.17) is 10.00 Å². The van der Waals surface area contributed by atoms with Gasteiger partial charge >= 0.3 is 0 Å². The molecule has 3 rings (SSSR count). The lowest BCUT2D eigenvalue weighted by molar-refractivity contribution is -0.0658. The minimum absolute atomic E-state index is 0.106. The number of nitrogens with zero attached hydrogens (tertiary/aromatic N) is 2. The van der Waals surface area contributed by atoms with Gasteiger partial charge < -0.3 is 9.64 Å². The van der Waals surface area contributed by atoms with Crippen LogP contribution in [-0.2, 0) is 4.74 Å². The van der Waals surface area contributed by atoms with Crippen molar-refractivity contribution in [3.63, 3.8) is 0 Å². The Hall–Kier alpha value is -1.18. The second kappa shape index (κ2) is 5.67. The smallest absolute Gasteiger partial charge is 0.0992 e. The summed E-state index contributed by atoms with van der Waals surface area (Å²) < 4.78 is 6.09. The Morgan fingerprint density at radius 1 is 1.50 bits per heavy atom. The second-order valence-electron chi connectivity index (χ2n) is 5.75. The van der Waals surface area contributed by atoms with Crippen LogP contribution in [0.4, 0.5) is 5.69 Å². The number of anilines is 1. The maximum absolute atomic E-state index is 9.03. The van der Waals surface area contributed by atoms with Crippen molar-refractivity contribution < 1.29 is 4.74 Å². The first-order valence-corrected chi connectivity index (χ1v) is 8.33. The van der Waals surface area contributed by atoms with E-state index in [1.807, 2.05) is 30.0 Å². The van der Waals surface area contributed by atoms with Crippen molar-refractivity contribution in [2.24, 2.45) is 0 Å². The first-order valence-electron chi connectivity index (χ1n) is 7.17. The van der Waals surface area contributed by atoms with Crippen LogP contribution in [0.3, 0.4) is 0 Å². The zero-order valence-corrected chi connectivity index (χ0v) is 12.7. The summed E-state index contributed by atoms with van der Waals surface area (Å²) in [5.41, 5.74) is 1.97. The number of rotatable bonds is 2. The second-order valence-corrected chi connectivity index (χ2v) is 6.86. The SMILES string of the molecule is CN(c1cccc(C#N)c1)C1CCOC2(CCSC2)C1. The molecule has 0 N–H and O–H groups in total. The highest BCUT2D eigenvalue weighted by atomic mass is 32.2. The molecule has 20 heavy (non-hydrogen) atoms. The number of hydrogen-bond donors (Lipinski definition) is 0. The topological polar surface area (TPSA) is 36.3 Å². The van der Waals surface area contributed by atoms with Crippen LogP contribution in [0.5, 0.6) is 0 Å². The van der Waals surface area contributed by atoms with Crippen LogP contribution >= 0.6 is 11.8 Å². The van der Waals surface area contributed by atoms with Crippen LogP contribution < -0.4 is 4.90 Å². The van der Waals surface area contributed by atoms with Crippen LogP contribution in [0.25, 0.3) is 0 Å². The van der Waals surface area contributed by atoms with E-state index in [2.05, 4.69) is 24.1 Å². The predicted molar refractivity (Wildman–Crippen MR) is 83.2 cm³/mol. The molecule has 0 radical (unpaired) electrons. The van der Waals surface area contributed by atoms with E-state index in [9.17, 15) is 0 Å². The third kappa shape index (κ3) is 2.65. The fraction of sp³-hybridized carbons (Fsp3) is 0.562. The van der Waals surface area contributed by atoms with Crippen LogP contribution in [0.1, 0.15) is 24.8 Å². The molecule has 0 bridgehead atoms. The normalized spacial score (nSPS) is 29.3. The van der Waals surface area contributed by atoms with Gasteiger partial charge in [-0.05, 0) is 43.2 Å². The van der Waals surface area contributed by atoms with Gasteiger partial charge in [0.1, 0.15) is 0 Å². The highest BCUT2D eigenvalue weighted by Gasteiger charge is 2.41. The summed E-state index contributed by atoms with van der Waals surface area (Å²) in [5.74, 6) is 2.36. The molecule has 1 aromatic rings. The Morgan fingerprint density at radius 2 is 2.40 bits per heavy atom. The Morgan fingerprint density at radius 3 is 3.15 bits per heavy atom. The van der Waals surface area contributed by atoms with Crippen molar-refractivity contribution in [2.75, 3.05) is 30.1 Å². The van der Waals surface area contributed by atoms with Gasteiger partial charge in [-0.2, -0.15) is 17.0 Å². The largest absolute Gasteiger partial charge is 0.374 e. The number of benzene rings is 1. The molecule has 2 heterocycles. The molecule has 1 aromatic carbocycles. The Bertz CT molecular complexity index is 519. The van der Waals surface area contributed by atoms with Gasteiger partial charge in [0.25, 0.3) is 0 Å². The molecule has 0 amide bonds. The monoisotopic (exact) mass is 288 g/mol. The molecule has 2 atom stereocenters. The standard InChI is InChI=1S/C16H20N2OS/c1-18(14-4-2-3-13(9-14)11-17)15-5-7-19-16(10-15)6-8-20-12-16/h2-4,9,15H,5-8,10,12H2,1H3. The van der Waals surface area contributed by atoms with E-state index < -0.39 is 0 Å². The molecule has 2 aliphatic rings. The first-order chi connectivity index (χ1) is 9.72. The molecular weight excluding hydrogens is 268 g/mol. The fourth-order valence-corrected chi connectivity index (χ4v) is 4.58. The summed E-state index contributed by atoms with van der Waals surface area (Å²) in [6, 6.07) is 10.6. The highest BCUT2D eigenvalue weighted by molar-refractivity contribution is 7.99. The molecule has 0 aromatic heterocycles. The van der Waals surface area contributed by atoms with Gasteiger partial charge in [-0.3, -0.25) is 0 Å². The Labute approximate surface area is 124 Å². The molecule has 0 aliphatic carbocycles. The molecule has 2 fully saturated rings. The third-order valence-electron chi connectivity index (χ3n) is 4.46. The van der Waals surface area contributed by atoms with Crippen molar-refractivity contribution in [2.45, 2.75) is 30.9 Å². The van der Waals surface area contributed by atoms with Crippen molar-refractivity contribution in [3.05, 3.63) is 29.8 Å². The Balaban J connectivity index is 1.76. The predicted octanol–water partition coefficient (Wildman–Crippen LogP) is 3.05. The molecular formula is C16H20N2OS. The van der Waals surface area contributed by atoms with Crippen LogP contribution in [0, 0.1) is 11.3 Å². The number of ether oxygens (including phenoxy) is 1. The zero-order valence-electron chi connectivity index (χ0n) is 11.8. The number of nitriles is 1. The van der Waals surface area contributed by atoms with E-state index in [-0.39, 0.29) is 5.60 Å². The van der Waals surface area contributed by atoms with E-state index in [1.54, 1.807) is 0 Å². The molecule has 4 heteroatoms. The van der Waals surface area contributed by atoms with Crippen molar-refractivity contribution in [3.8, 4) is 6.07 Å². The van der Waals surface area contributed by atoms with Gasteiger partial charge in [0.15, 0.2) is 0 Å². The summed E-state index contributed by atoms with van der Waals surface area (Å²) >= 11 is 2.01. The lowest BCUT2D eigenvalue weighted by atomic mass is 9.89. The molecule has 106 valence electrons. The van der Waals surface area contributed by atoms with Gasteiger partial charge in [0, 0.05) is 31.1 Å². The molecule has 3 nitrogen and oxygen atoms in total. The quantitative estimate of drug-likeness (QED) is 0.838. The van der Waals surface area contributed by atoms with Gasteiger partial charge in [-0.1, -0.05) is 6.07 Å². The lowest BCUT2D eigenvalue weighted by Crippen LogP contribution is -2.48. The van der Waals surface area contributed by atoms with E-state index in [1.165, 1.54) is 12.2 Å². The fourth-order valence-electron chi connectivity index (χ4n) is 3.20. The minimum atomic E-state index is 0.106. The number of hydrogen-bond acceptors (Lipinski definition) is 4. The van der Waals surface area contributed by atoms with Gasteiger partial charge in [0.2, 0.25) is 0 Å². The maximum atomic E-state index is 9.03. The van der Waals surface area contributed by atoms with Crippen LogP contribution in [-0.4, -0.2) is 36.8 Å². The van der Waals surface area contributed by atoms with E-state index in [0.29, 0.717) is 6.04 Å². The first kappa shape index (κ1) is 13.8. The maximum Gasteiger partial charge on any atom is 0.0992 e. The number of thioether (sulfide) groups is 1. The van der Waals surface area contributed by atoms with Crippen molar-refractivity contribution >= 4 is 17.4 Å².